The lowest BCUT2D eigenvalue weighted by Gasteiger charge is -2.09. The van der Waals surface area contributed by atoms with E-state index in [-0.39, 0.29) is 11.7 Å². The lowest BCUT2D eigenvalue weighted by Crippen LogP contribution is -2.15. The van der Waals surface area contributed by atoms with E-state index >= 15 is 0 Å². The van der Waals surface area contributed by atoms with E-state index in [9.17, 15) is 9.18 Å². The Balaban J connectivity index is 1.52. The Morgan fingerprint density at radius 2 is 2.00 bits per heavy atom. The minimum atomic E-state index is -0.407. The number of aromatic nitrogens is 4. The van der Waals surface area contributed by atoms with E-state index < -0.39 is 5.82 Å². The Morgan fingerprint density at radius 3 is 2.76 bits per heavy atom. The predicted molar refractivity (Wildman–Crippen MR) is 107 cm³/mol. The third-order valence-corrected chi connectivity index (χ3v) is 4.96. The minimum absolute atomic E-state index is 0.100. The van der Waals surface area contributed by atoms with E-state index in [2.05, 4.69) is 20.5 Å². The number of amides is 1. The molecule has 0 spiro atoms. The molecule has 0 aliphatic rings. The maximum atomic E-state index is 13.3. The number of hydrogen-bond donors (Lipinski definition) is 1. The van der Waals surface area contributed by atoms with Gasteiger partial charge in [0.15, 0.2) is 11.0 Å². The molecule has 0 unspecified atom stereocenters. The van der Waals surface area contributed by atoms with Gasteiger partial charge >= 0.3 is 0 Å². The zero-order chi connectivity index (χ0) is 20.1. The average Bonchev–Trinajstić information content (AvgIpc) is 3.38. The summed E-state index contributed by atoms with van der Waals surface area (Å²) in [5.41, 5.74) is 1.26. The van der Waals surface area contributed by atoms with Crippen LogP contribution < -0.4 is 5.32 Å². The molecular formula is C20H16FN5O2S. The number of pyridine rings is 1. The highest BCUT2D eigenvalue weighted by Gasteiger charge is 2.17. The van der Waals surface area contributed by atoms with E-state index in [1.807, 2.05) is 28.8 Å². The number of anilines is 1. The fraction of sp³-hybridized carbons (Fsp3) is 0.100. The molecule has 4 aromatic rings. The van der Waals surface area contributed by atoms with Crippen molar-refractivity contribution in [1.82, 2.24) is 19.7 Å². The molecule has 3 heterocycles. The van der Waals surface area contributed by atoms with E-state index in [4.69, 9.17) is 4.42 Å². The molecule has 0 saturated carbocycles. The van der Waals surface area contributed by atoms with Crippen LogP contribution in [0.1, 0.15) is 5.76 Å². The van der Waals surface area contributed by atoms with Gasteiger partial charge in [0.05, 0.1) is 18.6 Å². The van der Waals surface area contributed by atoms with Crippen molar-refractivity contribution in [2.45, 2.75) is 11.7 Å². The van der Waals surface area contributed by atoms with Crippen LogP contribution in [0.3, 0.4) is 0 Å². The summed E-state index contributed by atoms with van der Waals surface area (Å²) in [7, 11) is 0. The smallest absolute Gasteiger partial charge is 0.234 e. The molecule has 1 amide bonds. The van der Waals surface area contributed by atoms with Gasteiger partial charge in [0.1, 0.15) is 11.6 Å². The molecule has 0 radical (unpaired) electrons. The van der Waals surface area contributed by atoms with Gasteiger partial charge in [0, 0.05) is 23.6 Å². The highest BCUT2D eigenvalue weighted by Crippen LogP contribution is 2.25. The largest absolute Gasteiger partial charge is 0.467 e. The van der Waals surface area contributed by atoms with Crippen LogP contribution in [0.25, 0.3) is 11.4 Å². The lowest BCUT2D eigenvalue weighted by molar-refractivity contribution is -0.113. The van der Waals surface area contributed by atoms with Crippen molar-refractivity contribution in [3.8, 4) is 11.4 Å². The third kappa shape index (κ3) is 4.69. The SMILES string of the molecule is O=C(CSc1nnc(-c2ccncc2)n1Cc1ccco1)Nc1cccc(F)c1. The number of rotatable bonds is 7. The number of thioether (sulfide) groups is 1. The molecule has 0 fully saturated rings. The number of nitrogens with zero attached hydrogens (tertiary/aromatic N) is 4. The molecule has 0 saturated heterocycles. The van der Waals surface area contributed by atoms with Gasteiger partial charge in [-0.25, -0.2) is 4.39 Å². The second-order valence-electron chi connectivity index (χ2n) is 6.05. The lowest BCUT2D eigenvalue weighted by atomic mass is 10.2. The van der Waals surface area contributed by atoms with Crippen LogP contribution in [0.5, 0.6) is 0 Å². The summed E-state index contributed by atoms with van der Waals surface area (Å²) in [5.74, 6) is 0.820. The summed E-state index contributed by atoms with van der Waals surface area (Å²) in [6, 6.07) is 13.1. The molecule has 0 bridgehead atoms. The monoisotopic (exact) mass is 409 g/mol. The Morgan fingerprint density at radius 1 is 1.14 bits per heavy atom. The first-order valence-corrected chi connectivity index (χ1v) is 9.72. The first-order valence-electron chi connectivity index (χ1n) is 8.73. The van der Waals surface area contributed by atoms with E-state index in [0.29, 0.717) is 23.2 Å². The van der Waals surface area contributed by atoms with Crippen LogP contribution >= 0.6 is 11.8 Å². The van der Waals surface area contributed by atoms with Gasteiger partial charge in [-0.1, -0.05) is 17.8 Å². The molecule has 29 heavy (non-hydrogen) atoms. The standard InChI is InChI=1S/C20H16FN5O2S/c21-15-3-1-4-16(11-15)23-18(27)13-29-20-25-24-19(14-6-8-22-9-7-14)26(20)12-17-5-2-10-28-17/h1-11H,12-13H2,(H,23,27). The number of carbonyl (C=O) groups excluding carboxylic acids is 1. The molecule has 0 atom stereocenters. The van der Waals surface area contributed by atoms with Crippen LogP contribution in [0.4, 0.5) is 10.1 Å². The zero-order valence-electron chi connectivity index (χ0n) is 15.2. The number of halogens is 1. The van der Waals surface area contributed by atoms with Crippen LogP contribution in [0.2, 0.25) is 0 Å². The van der Waals surface area contributed by atoms with Gasteiger partial charge in [-0.05, 0) is 42.5 Å². The molecule has 7 nitrogen and oxygen atoms in total. The topological polar surface area (TPSA) is 85.8 Å². The van der Waals surface area contributed by atoms with Gasteiger partial charge in [-0.15, -0.1) is 10.2 Å². The summed E-state index contributed by atoms with van der Waals surface area (Å²) in [6.45, 7) is 0.422. The van der Waals surface area contributed by atoms with Crippen LogP contribution in [0, 0.1) is 5.82 Å². The van der Waals surface area contributed by atoms with Crippen LogP contribution in [-0.4, -0.2) is 31.4 Å². The van der Waals surface area contributed by atoms with Crippen molar-refractivity contribution in [2.24, 2.45) is 0 Å². The summed E-state index contributed by atoms with van der Waals surface area (Å²) < 4.78 is 20.6. The Labute approximate surface area is 170 Å². The Kier molecular flexibility index (Phi) is 5.66. The first kappa shape index (κ1) is 18.9. The number of furan rings is 1. The molecule has 0 aliphatic carbocycles. The highest BCUT2D eigenvalue weighted by molar-refractivity contribution is 7.99. The van der Waals surface area contributed by atoms with Gasteiger partial charge < -0.3 is 9.73 Å². The van der Waals surface area contributed by atoms with Crippen molar-refractivity contribution in [1.29, 1.82) is 0 Å². The normalized spacial score (nSPS) is 10.8. The molecule has 0 aliphatic heterocycles. The maximum Gasteiger partial charge on any atom is 0.234 e. The quantitative estimate of drug-likeness (QED) is 0.467. The van der Waals surface area contributed by atoms with Gasteiger partial charge in [0.2, 0.25) is 5.91 Å². The van der Waals surface area contributed by atoms with Crippen LogP contribution in [-0.2, 0) is 11.3 Å². The van der Waals surface area contributed by atoms with E-state index in [1.165, 1.54) is 23.9 Å². The second-order valence-corrected chi connectivity index (χ2v) is 7.00. The molecule has 3 aromatic heterocycles. The Hall–Kier alpha value is -3.46. The van der Waals surface area contributed by atoms with E-state index in [0.717, 1.165) is 11.3 Å². The Bertz CT molecular complexity index is 1100. The number of hydrogen-bond acceptors (Lipinski definition) is 6. The summed E-state index contributed by atoms with van der Waals surface area (Å²) >= 11 is 1.24. The van der Waals surface area contributed by atoms with E-state index in [1.54, 1.807) is 30.8 Å². The van der Waals surface area contributed by atoms with Crippen molar-refractivity contribution < 1.29 is 13.6 Å². The molecule has 1 aromatic carbocycles. The number of carbonyl (C=O) groups is 1. The zero-order valence-corrected chi connectivity index (χ0v) is 16.0. The molecule has 9 heteroatoms. The third-order valence-electron chi connectivity index (χ3n) is 3.99. The summed E-state index contributed by atoms with van der Waals surface area (Å²) in [5, 5.41) is 11.8. The molecular weight excluding hydrogens is 393 g/mol. The minimum Gasteiger partial charge on any atom is -0.467 e. The number of nitrogens with one attached hydrogen (secondary N) is 1. The predicted octanol–water partition coefficient (Wildman–Crippen LogP) is 3.85. The maximum absolute atomic E-state index is 13.3. The van der Waals surface area contributed by atoms with Gasteiger partial charge in [-0.3, -0.25) is 14.3 Å². The molecule has 1 N–H and O–H groups in total. The van der Waals surface area contributed by atoms with Crippen molar-refractivity contribution in [3.63, 3.8) is 0 Å². The number of benzene rings is 1. The second kappa shape index (κ2) is 8.70. The van der Waals surface area contributed by atoms with Crippen molar-refractivity contribution in [3.05, 3.63) is 78.8 Å². The van der Waals surface area contributed by atoms with Crippen LogP contribution in [0.15, 0.2) is 76.8 Å². The highest BCUT2D eigenvalue weighted by atomic mass is 32.2. The first-order chi connectivity index (χ1) is 14.2. The molecule has 4 rings (SSSR count). The average molecular weight is 409 g/mol. The van der Waals surface area contributed by atoms with Crippen molar-refractivity contribution >= 4 is 23.4 Å². The summed E-state index contributed by atoms with van der Waals surface area (Å²) in [6.07, 6.45) is 4.96. The van der Waals surface area contributed by atoms with Gasteiger partial charge in [-0.2, -0.15) is 0 Å². The van der Waals surface area contributed by atoms with Crippen molar-refractivity contribution in [2.75, 3.05) is 11.1 Å². The molecule has 146 valence electrons. The van der Waals surface area contributed by atoms with Gasteiger partial charge in [0.25, 0.3) is 0 Å². The fourth-order valence-electron chi connectivity index (χ4n) is 2.70. The summed E-state index contributed by atoms with van der Waals surface area (Å²) in [4.78, 5) is 16.3. The fourth-order valence-corrected chi connectivity index (χ4v) is 3.44.